The van der Waals surface area contributed by atoms with Crippen molar-refractivity contribution in [3.8, 4) is 11.8 Å². The van der Waals surface area contributed by atoms with Crippen LogP contribution in [0.4, 0.5) is 5.69 Å². The Bertz CT molecular complexity index is 623. The van der Waals surface area contributed by atoms with Crippen molar-refractivity contribution >= 4 is 11.9 Å². The monoisotopic (exact) mass is 252 g/mol. The van der Waals surface area contributed by atoms with Crippen molar-refractivity contribution in [3.05, 3.63) is 64.9 Å². The standard InChI is InChI=1S/C15H12N2O2/c1-19-15-8-4-13(5-9-15)11-17(18)14-6-2-12(10-16)3-7-14/h2-9,11H,1H3/b17-11+. The van der Waals surface area contributed by atoms with E-state index < -0.39 is 0 Å². The number of benzene rings is 2. The topological polar surface area (TPSA) is 59.1 Å². The second-order valence-corrected chi connectivity index (χ2v) is 3.89. The van der Waals surface area contributed by atoms with E-state index >= 15 is 0 Å². The molecule has 94 valence electrons. The molecule has 0 heterocycles. The van der Waals surface area contributed by atoms with E-state index in [-0.39, 0.29) is 0 Å². The molecule has 2 rings (SSSR count). The molecule has 0 saturated heterocycles. The van der Waals surface area contributed by atoms with Crippen LogP contribution in [-0.4, -0.2) is 18.1 Å². The largest absolute Gasteiger partial charge is 0.618 e. The predicted molar refractivity (Wildman–Crippen MR) is 72.6 cm³/mol. The highest BCUT2D eigenvalue weighted by Crippen LogP contribution is 2.13. The second kappa shape index (κ2) is 5.69. The summed E-state index contributed by atoms with van der Waals surface area (Å²) in [6, 6.07) is 15.6. The highest BCUT2D eigenvalue weighted by atomic mass is 16.5. The number of hydrogen-bond acceptors (Lipinski definition) is 3. The summed E-state index contributed by atoms with van der Waals surface area (Å²) in [4.78, 5) is 0. The molecule has 0 unspecified atom stereocenters. The van der Waals surface area contributed by atoms with Crippen molar-refractivity contribution in [2.24, 2.45) is 0 Å². The highest BCUT2D eigenvalue weighted by molar-refractivity contribution is 5.76. The average Bonchev–Trinajstić information content (AvgIpc) is 2.48. The van der Waals surface area contributed by atoms with E-state index in [4.69, 9.17) is 10.00 Å². The van der Waals surface area contributed by atoms with E-state index in [0.717, 1.165) is 16.1 Å². The summed E-state index contributed by atoms with van der Waals surface area (Å²) in [6.45, 7) is 0. The third kappa shape index (κ3) is 3.11. The van der Waals surface area contributed by atoms with Gasteiger partial charge in [-0.2, -0.15) is 10.0 Å². The van der Waals surface area contributed by atoms with Gasteiger partial charge in [-0.25, -0.2) is 0 Å². The Balaban J connectivity index is 2.23. The summed E-state index contributed by atoms with van der Waals surface area (Å²) < 4.78 is 5.81. The number of nitrogens with zero attached hydrogens (tertiary/aromatic N) is 2. The lowest BCUT2D eigenvalue weighted by Crippen LogP contribution is -1.98. The molecule has 2 aromatic carbocycles. The summed E-state index contributed by atoms with van der Waals surface area (Å²) in [5, 5.41) is 20.6. The zero-order valence-electron chi connectivity index (χ0n) is 10.4. The molecule has 0 aliphatic heterocycles. The molecule has 0 aromatic heterocycles. The van der Waals surface area contributed by atoms with Gasteiger partial charge in [0.05, 0.1) is 18.7 Å². The van der Waals surface area contributed by atoms with Crippen LogP contribution in [0.1, 0.15) is 11.1 Å². The maximum Gasteiger partial charge on any atom is 0.216 e. The number of ether oxygens (including phenoxy) is 1. The van der Waals surface area contributed by atoms with Crippen molar-refractivity contribution in [2.45, 2.75) is 0 Å². The number of methoxy groups -OCH3 is 1. The van der Waals surface area contributed by atoms with Crippen LogP contribution < -0.4 is 4.74 Å². The molecule has 0 fully saturated rings. The Kier molecular flexibility index (Phi) is 3.79. The fourth-order valence-corrected chi connectivity index (χ4v) is 1.58. The van der Waals surface area contributed by atoms with E-state index in [1.165, 1.54) is 6.21 Å². The lowest BCUT2D eigenvalue weighted by Gasteiger charge is -2.03. The summed E-state index contributed by atoms with van der Waals surface area (Å²) in [5.74, 6) is 0.743. The normalized spacial score (nSPS) is 10.8. The molecule has 4 nitrogen and oxygen atoms in total. The van der Waals surface area contributed by atoms with Crippen molar-refractivity contribution in [1.29, 1.82) is 5.26 Å². The number of nitriles is 1. The van der Waals surface area contributed by atoms with E-state index in [1.54, 1.807) is 55.6 Å². The second-order valence-electron chi connectivity index (χ2n) is 3.89. The first-order valence-electron chi connectivity index (χ1n) is 5.68. The van der Waals surface area contributed by atoms with E-state index in [0.29, 0.717) is 11.3 Å². The molecule has 0 aliphatic carbocycles. The summed E-state index contributed by atoms with van der Waals surface area (Å²) in [7, 11) is 1.59. The van der Waals surface area contributed by atoms with Crippen LogP contribution in [0.5, 0.6) is 5.75 Å². The first kappa shape index (κ1) is 12.7. The predicted octanol–water partition coefficient (Wildman–Crippen LogP) is 2.83. The lowest BCUT2D eigenvalue weighted by atomic mass is 10.2. The molecular weight excluding hydrogens is 240 g/mol. The molecule has 0 bridgehead atoms. The first-order chi connectivity index (χ1) is 9.22. The van der Waals surface area contributed by atoms with Crippen molar-refractivity contribution < 1.29 is 9.48 Å². The van der Waals surface area contributed by atoms with Gasteiger partial charge in [-0.3, -0.25) is 0 Å². The van der Waals surface area contributed by atoms with E-state index in [9.17, 15) is 5.21 Å². The van der Waals surface area contributed by atoms with Gasteiger partial charge in [0, 0.05) is 17.7 Å². The zero-order chi connectivity index (χ0) is 13.7. The summed E-state index contributed by atoms with van der Waals surface area (Å²) in [6.07, 6.45) is 1.47. The summed E-state index contributed by atoms with van der Waals surface area (Å²) >= 11 is 0. The molecule has 2 aromatic rings. The van der Waals surface area contributed by atoms with Gasteiger partial charge in [-0.05, 0) is 36.4 Å². The minimum absolute atomic E-state index is 0.481. The van der Waals surface area contributed by atoms with Crippen LogP contribution in [0.2, 0.25) is 0 Å². The number of rotatable bonds is 3. The molecular formula is C15H12N2O2. The van der Waals surface area contributed by atoms with Gasteiger partial charge < -0.3 is 9.94 Å². The molecule has 0 N–H and O–H groups in total. The van der Waals surface area contributed by atoms with Gasteiger partial charge in [0.1, 0.15) is 5.75 Å². The van der Waals surface area contributed by atoms with Gasteiger partial charge >= 0.3 is 0 Å². The molecule has 0 radical (unpaired) electrons. The molecule has 0 aliphatic rings. The SMILES string of the molecule is COc1ccc(/C=[N+](/[O-])c2ccc(C#N)cc2)cc1. The zero-order valence-corrected chi connectivity index (χ0v) is 10.4. The lowest BCUT2D eigenvalue weighted by molar-refractivity contribution is -0.354. The quantitative estimate of drug-likeness (QED) is 0.365. The van der Waals surface area contributed by atoms with Gasteiger partial charge in [0.15, 0.2) is 6.21 Å². The van der Waals surface area contributed by atoms with E-state index in [2.05, 4.69) is 0 Å². The molecule has 0 spiro atoms. The molecule has 0 atom stereocenters. The first-order valence-corrected chi connectivity index (χ1v) is 5.68. The molecule has 0 amide bonds. The third-order valence-electron chi connectivity index (χ3n) is 2.63. The maximum atomic E-state index is 11.9. The average molecular weight is 252 g/mol. The van der Waals surface area contributed by atoms with Gasteiger partial charge in [0.2, 0.25) is 5.69 Å². The Morgan fingerprint density at radius 3 is 2.26 bits per heavy atom. The fourth-order valence-electron chi connectivity index (χ4n) is 1.58. The highest BCUT2D eigenvalue weighted by Gasteiger charge is 2.02. The van der Waals surface area contributed by atoms with Gasteiger partial charge in [0.25, 0.3) is 0 Å². The molecule has 4 heteroatoms. The molecule has 0 saturated carbocycles. The van der Waals surface area contributed by atoms with Gasteiger partial charge in [-0.1, -0.05) is 0 Å². The van der Waals surface area contributed by atoms with Crippen molar-refractivity contribution in [1.82, 2.24) is 0 Å². The smallest absolute Gasteiger partial charge is 0.216 e. The minimum atomic E-state index is 0.481. The Morgan fingerprint density at radius 2 is 1.74 bits per heavy atom. The van der Waals surface area contributed by atoms with Crippen LogP contribution >= 0.6 is 0 Å². The van der Waals surface area contributed by atoms with Crippen LogP contribution in [0, 0.1) is 16.5 Å². The third-order valence-corrected chi connectivity index (χ3v) is 2.63. The van der Waals surface area contributed by atoms with E-state index in [1.807, 2.05) is 6.07 Å². The van der Waals surface area contributed by atoms with Crippen molar-refractivity contribution in [2.75, 3.05) is 7.11 Å². The van der Waals surface area contributed by atoms with Crippen LogP contribution in [0.3, 0.4) is 0 Å². The Hall–Kier alpha value is -2.80. The summed E-state index contributed by atoms with van der Waals surface area (Å²) in [5.41, 5.74) is 1.79. The number of hydrogen-bond donors (Lipinski definition) is 0. The Morgan fingerprint density at radius 1 is 1.11 bits per heavy atom. The van der Waals surface area contributed by atoms with Crippen LogP contribution in [0.25, 0.3) is 0 Å². The minimum Gasteiger partial charge on any atom is -0.618 e. The molecule has 19 heavy (non-hydrogen) atoms. The Labute approximate surface area is 111 Å². The van der Waals surface area contributed by atoms with Crippen LogP contribution in [0.15, 0.2) is 48.5 Å². The van der Waals surface area contributed by atoms with Crippen molar-refractivity contribution in [3.63, 3.8) is 0 Å². The van der Waals surface area contributed by atoms with Crippen LogP contribution in [-0.2, 0) is 0 Å². The maximum absolute atomic E-state index is 11.9. The van der Waals surface area contributed by atoms with Gasteiger partial charge in [-0.15, -0.1) is 0 Å². The fraction of sp³-hybridized carbons (Fsp3) is 0.0667.